The van der Waals surface area contributed by atoms with Crippen LogP contribution in [-0.4, -0.2) is 36.1 Å². The molecule has 2 aliphatic rings. The molecule has 1 aliphatic carbocycles. The van der Waals surface area contributed by atoms with E-state index in [-0.39, 0.29) is 29.3 Å². The van der Waals surface area contributed by atoms with Gasteiger partial charge in [-0.1, -0.05) is 6.42 Å². The second kappa shape index (κ2) is 10.9. The van der Waals surface area contributed by atoms with Gasteiger partial charge in [-0.15, -0.1) is 0 Å². The Kier molecular flexibility index (Phi) is 7.85. The highest BCUT2D eigenvalue weighted by molar-refractivity contribution is 5.89. The number of halogens is 4. The predicted octanol–water partition coefficient (Wildman–Crippen LogP) is 5.68. The molecule has 0 aromatic heterocycles. The molecule has 1 saturated carbocycles. The van der Waals surface area contributed by atoms with Crippen molar-refractivity contribution in [2.75, 3.05) is 18.0 Å². The van der Waals surface area contributed by atoms with Crippen molar-refractivity contribution in [2.24, 2.45) is 11.8 Å². The Balaban J connectivity index is 1.28. The third-order valence-corrected chi connectivity index (χ3v) is 7.49. The summed E-state index contributed by atoms with van der Waals surface area (Å²) in [6.07, 6.45) is 0.729. The maximum absolute atomic E-state index is 13.7. The van der Waals surface area contributed by atoms with Crippen LogP contribution in [0.2, 0.25) is 0 Å². The number of carboxylic acids is 1. The van der Waals surface area contributed by atoms with Crippen molar-refractivity contribution in [2.45, 2.75) is 57.2 Å². The summed E-state index contributed by atoms with van der Waals surface area (Å²) in [5, 5.41) is 12.6. The van der Waals surface area contributed by atoms with E-state index < -0.39 is 23.5 Å². The second-order valence-corrected chi connectivity index (χ2v) is 9.76. The van der Waals surface area contributed by atoms with Gasteiger partial charge in [-0.3, -0.25) is 4.79 Å². The van der Waals surface area contributed by atoms with Crippen molar-refractivity contribution in [3.05, 3.63) is 65.0 Å². The van der Waals surface area contributed by atoms with Crippen LogP contribution in [0.5, 0.6) is 0 Å². The Morgan fingerprint density at radius 3 is 2.33 bits per heavy atom. The number of carbonyl (C=O) groups is 2. The van der Waals surface area contributed by atoms with Gasteiger partial charge >= 0.3 is 12.1 Å². The molecular weight excluding hydrogens is 476 g/mol. The van der Waals surface area contributed by atoms with Crippen LogP contribution in [0.1, 0.15) is 60.0 Å². The first-order valence-corrected chi connectivity index (χ1v) is 12.4. The number of amides is 1. The summed E-state index contributed by atoms with van der Waals surface area (Å²) in [6.45, 7) is 1.18. The van der Waals surface area contributed by atoms with Crippen LogP contribution in [0.15, 0.2) is 42.5 Å². The number of rotatable bonds is 7. The van der Waals surface area contributed by atoms with Crippen molar-refractivity contribution < 1.29 is 32.3 Å². The minimum atomic E-state index is -4.36. The summed E-state index contributed by atoms with van der Waals surface area (Å²) >= 11 is 0. The van der Waals surface area contributed by atoms with Gasteiger partial charge in [0.1, 0.15) is 5.82 Å². The summed E-state index contributed by atoms with van der Waals surface area (Å²) in [5.41, 5.74) is 0.615. The number of alkyl halides is 3. The molecule has 1 saturated heterocycles. The molecule has 2 aromatic carbocycles. The van der Waals surface area contributed by atoms with Gasteiger partial charge in [-0.05, 0) is 92.5 Å². The largest absolute Gasteiger partial charge is 0.478 e. The fourth-order valence-corrected chi connectivity index (χ4v) is 5.45. The molecule has 0 spiro atoms. The van der Waals surface area contributed by atoms with Crippen LogP contribution in [0.4, 0.5) is 23.2 Å². The van der Waals surface area contributed by atoms with Crippen molar-refractivity contribution >= 4 is 17.6 Å². The fourth-order valence-electron chi connectivity index (χ4n) is 5.45. The SMILES string of the molecule is O=C(O)c1ccc(F)cc1CCC1CCC[C@@H]1NC(=O)C1CCN(c2ccc(C(F)(F)F)cc2)CC1. The van der Waals surface area contributed by atoms with Crippen molar-refractivity contribution in [1.29, 1.82) is 0 Å². The number of piperidine rings is 1. The van der Waals surface area contributed by atoms with E-state index >= 15 is 0 Å². The van der Waals surface area contributed by atoms with E-state index in [9.17, 15) is 32.3 Å². The normalized spacial score (nSPS) is 20.9. The van der Waals surface area contributed by atoms with Gasteiger partial charge in [0, 0.05) is 30.7 Å². The molecule has 194 valence electrons. The Morgan fingerprint density at radius 2 is 1.69 bits per heavy atom. The van der Waals surface area contributed by atoms with Gasteiger partial charge < -0.3 is 15.3 Å². The molecule has 1 amide bonds. The van der Waals surface area contributed by atoms with E-state index in [2.05, 4.69) is 5.32 Å². The first-order valence-electron chi connectivity index (χ1n) is 12.4. The average Bonchev–Trinajstić information content (AvgIpc) is 3.29. The van der Waals surface area contributed by atoms with E-state index in [1.165, 1.54) is 24.3 Å². The fraction of sp³-hybridized carbons (Fsp3) is 0.481. The molecular formula is C27H30F4N2O3. The Bertz CT molecular complexity index is 1080. The number of aromatic carboxylic acids is 1. The molecule has 2 atom stereocenters. The van der Waals surface area contributed by atoms with Crippen LogP contribution in [0, 0.1) is 17.7 Å². The zero-order valence-corrected chi connectivity index (χ0v) is 19.9. The average molecular weight is 507 g/mol. The molecule has 1 aliphatic heterocycles. The maximum Gasteiger partial charge on any atom is 0.416 e. The number of aryl methyl sites for hydroxylation is 1. The standard InChI is InChI=1S/C27H30F4N2O3/c28-21-8-11-23(26(35)36)19(16-21)5-4-17-2-1-3-24(17)32-25(34)18-12-14-33(15-13-18)22-9-6-20(7-10-22)27(29,30)31/h6-11,16-18,24H,1-5,12-15H2,(H,32,34)(H,35,36)/t17?,24-/m0/s1. The summed E-state index contributed by atoms with van der Waals surface area (Å²) in [6, 6.07) is 8.83. The molecule has 36 heavy (non-hydrogen) atoms. The Hall–Kier alpha value is -3.10. The molecule has 1 heterocycles. The van der Waals surface area contributed by atoms with Crippen molar-refractivity contribution in [3.8, 4) is 0 Å². The first-order chi connectivity index (χ1) is 17.1. The molecule has 0 radical (unpaired) electrons. The molecule has 1 unspecified atom stereocenters. The summed E-state index contributed by atoms with van der Waals surface area (Å²) in [4.78, 5) is 26.4. The molecule has 2 N–H and O–H groups in total. The maximum atomic E-state index is 13.7. The highest BCUT2D eigenvalue weighted by Crippen LogP contribution is 2.33. The molecule has 4 rings (SSSR count). The Morgan fingerprint density at radius 1 is 1.00 bits per heavy atom. The zero-order chi connectivity index (χ0) is 25.9. The molecule has 0 bridgehead atoms. The van der Waals surface area contributed by atoms with Crippen LogP contribution in [-0.2, 0) is 17.4 Å². The van der Waals surface area contributed by atoms with Crippen LogP contribution < -0.4 is 10.2 Å². The van der Waals surface area contributed by atoms with E-state index in [0.717, 1.165) is 43.1 Å². The lowest BCUT2D eigenvalue weighted by molar-refractivity contribution is -0.137. The highest BCUT2D eigenvalue weighted by Gasteiger charge is 2.33. The van der Waals surface area contributed by atoms with E-state index in [1.54, 1.807) is 0 Å². The first kappa shape index (κ1) is 26.0. The number of anilines is 1. The molecule has 9 heteroatoms. The second-order valence-electron chi connectivity index (χ2n) is 9.76. The topological polar surface area (TPSA) is 69.6 Å². The minimum absolute atomic E-state index is 0.00375. The van der Waals surface area contributed by atoms with E-state index in [4.69, 9.17) is 0 Å². The number of carboxylic acid groups (broad SMARTS) is 1. The zero-order valence-electron chi connectivity index (χ0n) is 19.9. The lowest BCUT2D eigenvalue weighted by Crippen LogP contribution is -2.45. The smallest absolute Gasteiger partial charge is 0.416 e. The van der Waals surface area contributed by atoms with Crippen LogP contribution in [0.3, 0.4) is 0 Å². The number of carbonyl (C=O) groups excluding carboxylic acids is 1. The monoisotopic (exact) mass is 506 g/mol. The minimum Gasteiger partial charge on any atom is -0.478 e. The van der Waals surface area contributed by atoms with E-state index in [0.29, 0.717) is 44.3 Å². The number of nitrogens with one attached hydrogen (secondary N) is 1. The lowest BCUT2D eigenvalue weighted by atomic mass is 9.91. The molecule has 2 aromatic rings. The summed E-state index contributed by atoms with van der Waals surface area (Å²) < 4.78 is 52.1. The number of nitrogens with zero attached hydrogens (tertiary/aromatic N) is 1. The summed E-state index contributed by atoms with van der Waals surface area (Å²) in [5.74, 6) is -1.50. The highest BCUT2D eigenvalue weighted by atomic mass is 19.4. The number of hydrogen-bond donors (Lipinski definition) is 2. The predicted molar refractivity (Wildman–Crippen MR) is 127 cm³/mol. The van der Waals surface area contributed by atoms with Crippen molar-refractivity contribution in [3.63, 3.8) is 0 Å². The van der Waals surface area contributed by atoms with Crippen LogP contribution in [0.25, 0.3) is 0 Å². The lowest BCUT2D eigenvalue weighted by Gasteiger charge is -2.34. The van der Waals surface area contributed by atoms with Gasteiger partial charge in [0.25, 0.3) is 0 Å². The third kappa shape index (κ3) is 6.17. The number of benzene rings is 2. The van der Waals surface area contributed by atoms with Gasteiger partial charge in [-0.2, -0.15) is 13.2 Å². The van der Waals surface area contributed by atoms with Gasteiger partial charge in [-0.25, -0.2) is 9.18 Å². The van der Waals surface area contributed by atoms with Crippen molar-refractivity contribution in [1.82, 2.24) is 5.32 Å². The summed E-state index contributed by atoms with van der Waals surface area (Å²) in [7, 11) is 0. The third-order valence-electron chi connectivity index (χ3n) is 7.49. The van der Waals surface area contributed by atoms with Gasteiger partial charge in [0.05, 0.1) is 11.1 Å². The number of hydrogen-bond acceptors (Lipinski definition) is 3. The quantitative estimate of drug-likeness (QED) is 0.475. The van der Waals surface area contributed by atoms with E-state index in [1.807, 2.05) is 4.90 Å². The molecule has 5 nitrogen and oxygen atoms in total. The Labute approximate surface area is 207 Å². The van der Waals surface area contributed by atoms with Gasteiger partial charge in [0.2, 0.25) is 5.91 Å². The molecule has 2 fully saturated rings. The van der Waals surface area contributed by atoms with Gasteiger partial charge in [0.15, 0.2) is 0 Å². The van der Waals surface area contributed by atoms with Crippen LogP contribution >= 0.6 is 0 Å².